The molecule has 4 heteroatoms. The zero-order valence-electron chi connectivity index (χ0n) is 10.6. The summed E-state index contributed by atoms with van der Waals surface area (Å²) in [6, 6.07) is 12.4. The Kier molecular flexibility index (Phi) is 4.80. The lowest BCUT2D eigenvalue weighted by atomic mass is 9.97. The number of rotatable bonds is 4. The first-order valence-corrected chi connectivity index (χ1v) is 6.46. The summed E-state index contributed by atoms with van der Waals surface area (Å²) in [5.41, 5.74) is 1.12. The topological polar surface area (TPSA) is 30.3 Å². The summed E-state index contributed by atoms with van der Waals surface area (Å²) in [7, 11) is 5.72. The van der Waals surface area contributed by atoms with Gasteiger partial charge in [-0.1, -0.05) is 30.3 Å². The molecule has 0 spiro atoms. The Hall–Kier alpha value is -1.31. The number of hydrogen-bond acceptors (Lipinski definition) is 3. The van der Waals surface area contributed by atoms with Gasteiger partial charge in [-0.15, -0.1) is 0 Å². The molecule has 3 nitrogen and oxygen atoms in total. The quantitative estimate of drug-likeness (QED) is 0.743. The molecule has 0 saturated carbocycles. The first-order valence-electron chi connectivity index (χ1n) is 6.46. The van der Waals surface area contributed by atoms with Gasteiger partial charge in [-0.2, -0.15) is 5.26 Å². The molecule has 1 saturated heterocycles. The molecule has 0 aromatic heterocycles. The minimum Gasteiger partial charge on any atom is -0.351 e. The van der Waals surface area contributed by atoms with E-state index in [9.17, 15) is 5.26 Å². The fourth-order valence-electron chi connectivity index (χ4n) is 2.29. The maximum atomic E-state index is 9.25. The Bertz CT molecular complexity index is 393. The van der Waals surface area contributed by atoms with E-state index in [0.29, 0.717) is 0 Å². The lowest BCUT2D eigenvalue weighted by Crippen LogP contribution is -2.45. The van der Waals surface area contributed by atoms with E-state index >= 15 is 0 Å². The average molecular weight is 239 g/mol. The van der Waals surface area contributed by atoms with Crippen LogP contribution in [0.15, 0.2) is 30.3 Å². The van der Waals surface area contributed by atoms with E-state index in [2.05, 4.69) is 11.0 Å². The molecular formula is C14H18BN3. The smallest absolute Gasteiger partial charge is 0.182 e. The molecule has 1 aromatic rings. The first-order chi connectivity index (χ1) is 8.79. The molecule has 0 bridgehead atoms. The molecular weight excluding hydrogens is 221 g/mol. The highest BCUT2D eigenvalue weighted by Gasteiger charge is 2.16. The van der Waals surface area contributed by atoms with E-state index in [1.807, 2.05) is 35.1 Å². The third-order valence-electron chi connectivity index (χ3n) is 3.50. The number of benzene rings is 1. The van der Waals surface area contributed by atoms with E-state index in [1.165, 1.54) is 0 Å². The van der Waals surface area contributed by atoms with Crippen molar-refractivity contribution in [2.45, 2.75) is 12.3 Å². The van der Waals surface area contributed by atoms with Gasteiger partial charge in [0.2, 0.25) is 0 Å². The summed E-state index contributed by atoms with van der Waals surface area (Å²) < 4.78 is 0. The summed E-state index contributed by atoms with van der Waals surface area (Å²) in [5, 5.41) is 9.25. The molecule has 0 aliphatic carbocycles. The lowest BCUT2D eigenvalue weighted by Gasteiger charge is -2.33. The van der Waals surface area contributed by atoms with Crippen molar-refractivity contribution in [3.8, 4) is 6.07 Å². The van der Waals surface area contributed by atoms with Crippen molar-refractivity contribution in [3.63, 3.8) is 0 Å². The van der Waals surface area contributed by atoms with Gasteiger partial charge in [0.15, 0.2) is 7.98 Å². The standard InChI is InChI=1S/C14H18BN3/c15-18-10-8-17(9-11-18)7-6-14(12-16)13-4-2-1-3-5-13/h1-5,14H,6-11H2. The molecule has 0 N–H and O–H groups in total. The second-order valence-corrected chi connectivity index (χ2v) is 4.76. The molecule has 2 radical (unpaired) electrons. The Balaban J connectivity index is 1.83. The predicted molar refractivity (Wildman–Crippen MR) is 73.2 cm³/mol. The molecule has 0 amide bonds. The molecule has 1 atom stereocenters. The molecule has 18 heavy (non-hydrogen) atoms. The molecule has 92 valence electrons. The van der Waals surface area contributed by atoms with Crippen molar-refractivity contribution >= 4 is 7.98 Å². The molecule has 2 rings (SSSR count). The van der Waals surface area contributed by atoms with Crippen molar-refractivity contribution in [1.29, 1.82) is 5.26 Å². The zero-order valence-corrected chi connectivity index (χ0v) is 10.6. The van der Waals surface area contributed by atoms with E-state index in [0.717, 1.165) is 44.7 Å². The van der Waals surface area contributed by atoms with E-state index in [1.54, 1.807) is 0 Å². The number of piperazine rings is 1. The second-order valence-electron chi connectivity index (χ2n) is 4.76. The summed E-state index contributed by atoms with van der Waals surface area (Å²) in [6.07, 6.45) is 0.894. The first kappa shape index (κ1) is 13.1. The highest BCUT2D eigenvalue weighted by molar-refractivity contribution is 6.04. The van der Waals surface area contributed by atoms with Crippen LogP contribution in [0, 0.1) is 11.3 Å². The highest BCUT2D eigenvalue weighted by atomic mass is 15.2. The molecule has 1 aliphatic rings. The van der Waals surface area contributed by atoms with Crippen molar-refractivity contribution < 1.29 is 0 Å². The van der Waals surface area contributed by atoms with Crippen LogP contribution in [0.5, 0.6) is 0 Å². The van der Waals surface area contributed by atoms with Crippen LogP contribution in [0.3, 0.4) is 0 Å². The maximum Gasteiger partial charge on any atom is 0.182 e. The molecule has 1 aromatic carbocycles. The highest BCUT2D eigenvalue weighted by Crippen LogP contribution is 2.19. The van der Waals surface area contributed by atoms with Crippen LogP contribution in [0.1, 0.15) is 17.9 Å². The van der Waals surface area contributed by atoms with Crippen molar-refractivity contribution in [3.05, 3.63) is 35.9 Å². The second kappa shape index (κ2) is 6.58. The maximum absolute atomic E-state index is 9.25. The third-order valence-corrected chi connectivity index (χ3v) is 3.50. The molecule has 1 heterocycles. The van der Waals surface area contributed by atoms with Crippen molar-refractivity contribution in [2.75, 3.05) is 32.7 Å². The largest absolute Gasteiger partial charge is 0.351 e. The van der Waals surface area contributed by atoms with Gasteiger partial charge in [-0.3, -0.25) is 0 Å². The number of nitrogens with zero attached hydrogens (tertiary/aromatic N) is 3. The Morgan fingerprint density at radius 3 is 2.44 bits per heavy atom. The van der Waals surface area contributed by atoms with Crippen LogP contribution in [-0.2, 0) is 0 Å². The van der Waals surface area contributed by atoms with E-state index in [4.69, 9.17) is 7.98 Å². The van der Waals surface area contributed by atoms with Crippen LogP contribution >= 0.6 is 0 Å². The third kappa shape index (κ3) is 3.59. The summed E-state index contributed by atoms with van der Waals surface area (Å²) in [5.74, 6) is 0.00195. The zero-order chi connectivity index (χ0) is 12.8. The van der Waals surface area contributed by atoms with Gasteiger partial charge in [-0.05, 0) is 31.6 Å². The lowest BCUT2D eigenvalue weighted by molar-refractivity contribution is 0.188. The van der Waals surface area contributed by atoms with Crippen LogP contribution in [0.2, 0.25) is 0 Å². The van der Waals surface area contributed by atoms with Gasteiger partial charge in [0.25, 0.3) is 0 Å². The van der Waals surface area contributed by atoms with Gasteiger partial charge >= 0.3 is 0 Å². The van der Waals surface area contributed by atoms with Crippen LogP contribution in [-0.4, -0.2) is 50.4 Å². The van der Waals surface area contributed by atoms with Gasteiger partial charge in [-0.25, -0.2) is 0 Å². The Morgan fingerprint density at radius 1 is 1.17 bits per heavy atom. The van der Waals surface area contributed by atoms with Crippen LogP contribution in [0.4, 0.5) is 0 Å². The number of hydrogen-bond donors (Lipinski definition) is 0. The van der Waals surface area contributed by atoms with E-state index < -0.39 is 0 Å². The Morgan fingerprint density at radius 2 is 1.83 bits per heavy atom. The van der Waals surface area contributed by atoms with Crippen LogP contribution < -0.4 is 0 Å². The molecule has 1 fully saturated rings. The SMILES string of the molecule is [B]N1CCN(CCC(C#N)c2ccccc2)CC1. The molecule has 1 aliphatic heterocycles. The summed E-state index contributed by atoms with van der Waals surface area (Å²) in [6.45, 7) is 4.82. The summed E-state index contributed by atoms with van der Waals surface area (Å²) >= 11 is 0. The molecule has 1 unspecified atom stereocenters. The monoisotopic (exact) mass is 239 g/mol. The van der Waals surface area contributed by atoms with Crippen molar-refractivity contribution in [1.82, 2.24) is 9.71 Å². The van der Waals surface area contributed by atoms with Crippen molar-refractivity contribution in [2.24, 2.45) is 0 Å². The fourth-order valence-corrected chi connectivity index (χ4v) is 2.29. The van der Waals surface area contributed by atoms with Gasteiger partial charge < -0.3 is 9.71 Å². The van der Waals surface area contributed by atoms with E-state index in [-0.39, 0.29) is 5.92 Å². The predicted octanol–water partition coefficient (Wildman–Crippen LogP) is 1.38. The minimum atomic E-state index is 0.00195. The van der Waals surface area contributed by atoms with Gasteiger partial charge in [0.05, 0.1) is 12.0 Å². The number of nitriles is 1. The normalized spacial score (nSPS) is 19.3. The van der Waals surface area contributed by atoms with Crippen LogP contribution in [0.25, 0.3) is 0 Å². The fraction of sp³-hybridized carbons (Fsp3) is 0.500. The van der Waals surface area contributed by atoms with Gasteiger partial charge in [0, 0.05) is 13.1 Å². The summed E-state index contributed by atoms with van der Waals surface area (Å²) in [4.78, 5) is 4.24. The average Bonchev–Trinajstić information content (AvgIpc) is 2.43. The minimum absolute atomic E-state index is 0.00195. The Labute approximate surface area is 110 Å². The van der Waals surface area contributed by atoms with Gasteiger partial charge in [0.1, 0.15) is 0 Å².